The minimum Gasteiger partial charge on any atom is -0.460 e. The predicted octanol–water partition coefficient (Wildman–Crippen LogP) is 2.87. The molecule has 0 amide bonds. The van der Waals surface area contributed by atoms with Gasteiger partial charge in [0.25, 0.3) is 12.1 Å². The summed E-state index contributed by atoms with van der Waals surface area (Å²) < 4.78 is 29.8. The normalized spacial score (nSPS) is 10.5. The highest BCUT2D eigenvalue weighted by molar-refractivity contribution is 9.10. The Kier molecular flexibility index (Phi) is 4.65. The lowest BCUT2D eigenvalue weighted by Crippen LogP contribution is -2.13. The van der Waals surface area contributed by atoms with E-state index in [0.29, 0.717) is 0 Å². The number of aromatic nitrogens is 1. The highest BCUT2D eigenvalue weighted by Crippen LogP contribution is 2.32. The molecule has 1 rings (SSSR count). The van der Waals surface area contributed by atoms with Crippen molar-refractivity contribution in [2.75, 3.05) is 6.61 Å². The van der Waals surface area contributed by atoms with E-state index in [2.05, 4.69) is 25.7 Å². The van der Waals surface area contributed by atoms with Crippen molar-refractivity contribution >= 4 is 27.7 Å². The van der Waals surface area contributed by atoms with Gasteiger partial charge in [-0.05, 0) is 32.8 Å². The molecule has 9 heteroatoms. The van der Waals surface area contributed by atoms with Crippen LogP contribution in [0.1, 0.15) is 29.4 Å². The van der Waals surface area contributed by atoms with Gasteiger partial charge in [-0.1, -0.05) is 0 Å². The van der Waals surface area contributed by atoms with Gasteiger partial charge < -0.3 is 14.9 Å². The summed E-state index contributed by atoms with van der Waals surface area (Å²) in [5, 5.41) is 10.5. The number of nitro groups is 1. The van der Waals surface area contributed by atoms with Crippen molar-refractivity contribution in [2.45, 2.75) is 13.3 Å². The van der Waals surface area contributed by atoms with Crippen molar-refractivity contribution in [1.82, 2.24) is 4.98 Å². The number of halogens is 3. The van der Waals surface area contributed by atoms with Gasteiger partial charge in [0.05, 0.1) is 18.2 Å². The first-order valence-electron chi connectivity index (χ1n) is 4.68. The van der Waals surface area contributed by atoms with Crippen LogP contribution in [-0.2, 0) is 4.74 Å². The van der Waals surface area contributed by atoms with Gasteiger partial charge in [0.2, 0.25) is 0 Å². The molecule has 0 spiro atoms. The Morgan fingerprint density at radius 2 is 2.28 bits per heavy atom. The zero-order valence-electron chi connectivity index (χ0n) is 9.02. The molecule has 1 heterocycles. The maximum atomic E-state index is 12.8. The lowest BCUT2D eigenvalue weighted by atomic mass is 10.2. The van der Waals surface area contributed by atoms with E-state index in [9.17, 15) is 23.7 Å². The fraction of sp³-hybridized carbons (Fsp3) is 0.333. The Hall–Kier alpha value is -1.64. The molecule has 18 heavy (non-hydrogen) atoms. The van der Waals surface area contributed by atoms with Gasteiger partial charge >= 0.3 is 11.8 Å². The van der Waals surface area contributed by atoms with Crippen LogP contribution in [0.25, 0.3) is 0 Å². The maximum absolute atomic E-state index is 12.8. The van der Waals surface area contributed by atoms with Crippen LogP contribution in [0, 0.1) is 10.1 Å². The van der Waals surface area contributed by atoms with Crippen molar-refractivity contribution in [1.29, 1.82) is 0 Å². The van der Waals surface area contributed by atoms with Crippen LogP contribution in [0.15, 0.2) is 10.5 Å². The number of esters is 1. The zero-order valence-corrected chi connectivity index (χ0v) is 10.6. The lowest BCUT2D eigenvalue weighted by Gasteiger charge is -2.06. The molecule has 0 N–H and O–H groups in total. The molecule has 98 valence electrons. The molecule has 0 bridgehead atoms. The van der Waals surface area contributed by atoms with Gasteiger partial charge in [0.15, 0.2) is 0 Å². The van der Waals surface area contributed by atoms with Crippen molar-refractivity contribution in [3.63, 3.8) is 0 Å². The highest BCUT2D eigenvalue weighted by atomic mass is 79.9. The van der Waals surface area contributed by atoms with Crippen molar-refractivity contribution in [3.05, 3.63) is 31.9 Å². The summed E-state index contributed by atoms with van der Waals surface area (Å²) in [6, 6.07) is 0.810. The first kappa shape index (κ1) is 14.4. The van der Waals surface area contributed by atoms with Gasteiger partial charge in [0.1, 0.15) is 0 Å². The summed E-state index contributed by atoms with van der Waals surface area (Å²) in [4.78, 5) is 24.4. The van der Waals surface area contributed by atoms with E-state index in [1.54, 1.807) is 0 Å². The summed E-state index contributed by atoms with van der Waals surface area (Å²) in [5.74, 6) is -1.84. The third-order valence-electron chi connectivity index (χ3n) is 1.87. The van der Waals surface area contributed by atoms with Gasteiger partial charge in [-0.15, -0.1) is 0 Å². The SMILES string of the molecule is CCOC(=O)c1nc([N+](=O)[O-])cc(Br)c1C(F)F. The molecule has 0 unspecified atom stereocenters. The fourth-order valence-corrected chi connectivity index (χ4v) is 1.73. The molecule has 0 aliphatic rings. The van der Waals surface area contributed by atoms with E-state index in [-0.39, 0.29) is 11.1 Å². The largest absolute Gasteiger partial charge is 0.460 e. The van der Waals surface area contributed by atoms with Crippen LogP contribution < -0.4 is 0 Å². The molecule has 0 aliphatic carbocycles. The molecule has 1 aromatic rings. The van der Waals surface area contributed by atoms with E-state index in [1.807, 2.05) is 0 Å². The topological polar surface area (TPSA) is 82.3 Å². The molecule has 0 aromatic carbocycles. The first-order chi connectivity index (χ1) is 8.38. The van der Waals surface area contributed by atoms with Crippen LogP contribution >= 0.6 is 15.9 Å². The van der Waals surface area contributed by atoms with E-state index < -0.39 is 34.4 Å². The minimum atomic E-state index is -3.01. The number of carbonyl (C=O) groups excluding carboxylic acids is 1. The quantitative estimate of drug-likeness (QED) is 0.483. The number of nitrogens with zero attached hydrogens (tertiary/aromatic N) is 2. The van der Waals surface area contributed by atoms with Gasteiger partial charge in [0, 0.05) is 4.47 Å². The van der Waals surface area contributed by atoms with Gasteiger partial charge in [-0.25, -0.2) is 13.6 Å². The van der Waals surface area contributed by atoms with Crippen LogP contribution in [0.2, 0.25) is 0 Å². The Morgan fingerprint density at radius 3 is 2.72 bits per heavy atom. The van der Waals surface area contributed by atoms with Crippen LogP contribution in [0.5, 0.6) is 0 Å². The van der Waals surface area contributed by atoms with Crippen LogP contribution in [0.3, 0.4) is 0 Å². The number of rotatable bonds is 4. The summed E-state index contributed by atoms with van der Waals surface area (Å²) >= 11 is 2.75. The summed E-state index contributed by atoms with van der Waals surface area (Å²) in [6.07, 6.45) is -3.01. The number of ether oxygens (including phenoxy) is 1. The van der Waals surface area contributed by atoms with Gasteiger partial charge in [-0.2, -0.15) is 0 Å². The fourth-order valence-electron chi connectivity index (χ4n) is 1.17. The van der Waals surface area contributed by atoms with Crippen LogP contribution in [0.4, 0.5) is 14.6 Å². The number of hydrogen-bond donors (Lipinski definition) is 0. The second kappa shape index (κ2) is 5.80. The Bertz CT molecular complexity index is 496. The average molecular weight is 325 g/mol. The molecular formula is C9H7BrF2N2O4. The molecular weight excluding hydrogens is 318 g/mol. The second-order valence-electron chi connectivity index (χ2n) is 3.00. The van der Waals surface area contributed by atoms with E-state index >= 15 is 0 Å². The number of pyridine rings is 1. The molecule has 0 saturated heterocycles. The smallest absolute Gasteiger partial charge is 0.383 e. The van der Waals surface area contributed by atoms with Crippen molar-refractivity contribution in [2.24, 2.45) is 0 Å². The van der Waals surface area contributed by atoms with E-state index in [0.717, 1.165) is 6.07 Å². The molecule has 6 nitrogen and oxygen atoms in total. The van der Waals surface area contributed by atoms with E-state index in [1.165, 1.54) is 6.92 Å². The monoisotopic (exact) mass is 324 g/mol. The third kappa shape index (κ3) is 2.97. The Labute approximate surface area is 108 Å². The van der Waals surface area contributed by atoms with Gasteiger partial charge in [-0.3, -0.25) is 0 Å². The van der Waals surface area contributed by atoms with E-state index in [4.69, 9.17) is 0 Å². The summed E-state index contributed by atoms with van der Waals surface area (Å²) in [7, 11) is 0. The van der Waals surface area contributed by atoms with Crippen LogP contribution in [-0.4, -0.2) is 22.5 Å². The first-order valence-corrected chi connectivity index (χ1v) is 5.47. The predicted molar refractivity (Wildman–Crippen MR) is 59.5 cm³/mol. The highest BCUT2D eigenvalue weighted by Gasteiger charge is 2.31. The zero-order chi connectivity index (χ0) is 13.9. The number of carbonyl (C=O) groups is 1. The maximum Gasteiger partial charge on any atom is 0.383 e. The summed E-state index contributed by atoms with van der Waals surface area (Å²) in [5.41, 5.74) is -1.48. The second-order valence-corrected chi connectivity index (χ2v) is 3.86. The average Bonchev–Trinajstić information content (AvgIpc) is 2.27. The number of alkyl halides is 2. The van der Waals surface area contributed by atoms with Crippen molar-refractivity contribution < 1.29 is 23.2 Å². The molecule has 0 aliphatic heterocycles. The standard InChI is InChI=1S/C9H7BrF2N2O4/c1-2-18-9(15)7-6(8(11)12)4(10)3-5(13-7)14(16)17/h3,8H,2H2,1H3. The third-order valence-corrected chi connectivity index (χ3v) is 2.52. The number of hydrogen-bond acceptors (Lipinski definition) is 5. The Morgan fingerprint density at radius 1 is 1.67 bits per heavy atom. The molecule has 0 radical (unpaired) electrons. The molecule has 0 saturated carbocycles. The van der Waals surface area contributed by atoms with Crippen molar-refractivity contribution in [3.8, 4) is 0 Å². The summed E-state index contributed by atoms with van der Waals surface area (Å²) in [6.45, 7) is 1.43. The molecule has 1 aromatic heterocycles. The molecule has 0 atom stereocenters. The minimum absolute atomic E-state index is 0.0521. The molecule has 0 fully saturated rings. The lowest BCUT2D eigenvalue weighted by molar-refractivity contribution is -0.389. The Balaban J connectivity index is 3.42.